The normalized spacial score (nSPS) is 10.4. The van der Waals surface area contributed by atoms with Crippen LogP contribution in [0.3, 0.4) is 0 Å². The first-order valence-corrected chi connectivity index (χ1v) is 4.91. The Morgan fingerprint density at radius 2 is 2.00 bits per heavy atom. The molecule has 1 amide bonds. The topological polar surface area (TPSA) is 51.5 Å². The molecule has 15 heavy (non-hydrogen) atoms. The van der Waals surface area contributed by atoms with Gasteiger partial charge in [0.05, 0.1) is 12.2 Å². The highest BCUT2D eigenvalue weighted by atomic mass is 16.5. The maximum atomic E-state index is 11.7. The third-order valence-corrected chi connectivity index (χ3v) is 2.38. The van der Waals surface area contributed by atoms with Crippen molar-refractivity contribution in [3.05, 3.63) is 22.6 Å². The van der Waals surface area contributed by atoms with Crippen molar-refractivity contribution in [3.8, 4) is 0 Å². The lowest BCUT2D eigenvalue weighted by Crippen LogP contribution is -2.27. The van der Waals surface area contributed by atoms with Gasteiger partial charge >= 0.3 is 0 Å². The van der Waals surface area contributed by atoms with E-state index >= 15 is 0 Å². The van der Waals surface area contributed by atoms with Gasteiger partial charge in [0.1, 0.15) is 11.5 Å². The lowest BCUT2D eigenvalue weighted by atomic mass is 10.1. The molecule has 0 aliphatic rings. The number of aryl methyl sites for hydroxylation is 2. The van der Waals surface area contributed by atoms with Gasteiger partial charge in [-0.1, -0.05) is 0 Å². The van der Waals surface area contributed by atoms with Crippen LogP contribution in [0.5, 0.6) is 0 Å². The monoisotopic (exact) mass is 211 g/mol. The van der Waals surface area contributed by atoms with E-state index < -0.39 is 0 Å². The second-order valence-corrected chi connectivity index (χ2v) is 3.46. The van der Waals surface area contributed by atoms with E-state index in [1.54, 1.807) is 14.0 Å². The van der Waals surface area contributed by atoms with Crippen LogP contribution in [0.4, 0.5) is 0 Å². The summed E-state index contributed by atoms with van der Waals surface area (Å²) in [5.41, 5.74) is 1.55. The second kappa shape index (κ2) is 4.98. The minimum atomic E-state index is -0.0982. The van der Waals surface area contributed by atoms with Crippen LogP contribution >= 0.6 is 0 Å². The molecule has 0 radical (unpaired) electrons. The van der Waals surface area contributed by atoms with E-state index in [4.69, 9.17) is 9.15 Å². The van der Waals surface area contributed by atoms with E-state index in [0.29, 0.717) is 24.5 Å². The number of nitrogens with one attached hydrogen (secondary N) is 1. The number of furan rings is 1. The van der Waals surface area contributed by atoms with E-state index in [1.165, 1.54) is 0 Å². The Bertz CT molecular complexity index is 355. The summed E-state index contributed by atoms with van der Waals surface area (Å²) < 4.78 is 10.2. The first-order valence-electron chi connectivity index (χ1n) is 4.91. The Kier molecular flexibility index (Phi) is 3.91. The number of carbonyl (C=O) groups is 1. The second-order valence-electron chi connectivity index (χ2n) is 3.46. The number of hydrogen-bond acceptors (Lipinski definition) is 3. The molecule has 0 saturated carbocycles. The highest BCUT2D eigenvalue weighted by Crippen LogP contribution is 2.20. The molecule has 0 aliphatic carbocycles. The molecule has 4 heteroatoms. The Hall–Kier alpha value is -1.29. The Labute approximate surface area is 89.6 Å². The van der Waals surface area contributed by atoms with Crippen LogP contribution in [0.2, 0.25) is 0 Å². The fourth-order valence-electron chi connectivity index (χ4n) is 1.48. The third-order valence-electron chi connectivity index (χ3n) is 2.38. The summed E-state index contributed by atoms with van der Waals surface area (Å²) in [4.78, 5) is 11.7. The third kappa shape index (κ3) is 2.59. The molecule has 0 bridgehead atoms. The predicted octanol–water partition coefficient (Wildman–Crippen LogP) is 1.58. The molecule has 4 nitrogen and oxygen atoms in total. The predicted molar refractivity (Wildman–Crippen MR) is 57.1 cm³/mol. The van der Waals surface area contributed by atoms with Crippen LogP contribution < -0.4 is 5.32 Å². The zero-order chi connectivity index (χ0) is 11.4. The Balaban J connectivity index is 2.73. The van der Waals surface area contributed by atoms with Gasteiger partial charge in [-0.15, -0.1) is 0 Å². The zero-order valence-corrected chi connectivity index (χ0v) is 9.64. The highest BCUT2D eigenvalue weighted by molar-refractivity contribution is 5.96. The Morgan fingerprint density at radius 3 is 2.47 bits per heavy atom. The molecule has 0 saturated heterocycles. The standard InChI is InChI=1S/C11H17NO3/c1-7-8(2)15-9(3)10(7)11(13)12-5-6-14-4/h5-6H2,1-4H3,(H,12,13). The first kappa shape index (κ1) is 11.8. The van der Waals surface area contributed by atoms with Crippen molar-refractivity contribution in [2.75, 3.05) is 20.3 Å². The molecule has 0 unspecified atom stereocenters. The minimum absolute atomic E-state index is 0.0982. The van der Waals surface area contributed by atoms with Crippen molar-refractivity contribution in [1.82, 2.24) is 5.32 Å². The van der Waals surface area contributed by atoms with Gasteiger partial charge in [-0.05, 0) is 20.8 Å². The number of hydrogen-bond donors (Lipinski definition) is 1. The number of rotatable bonds is 4. The van der Waals surface area contributed by atoms with Gasteiger partial charge in [-0.25, -0.2) is 0 Å². The lowest BCUT2D eigenvalue weighted by molar-refractivity contribution is 0.0935. The maximum Gasteiger partial charge on any atom is 0.255 e. The van der Waals surface area contributed by atoms with Crippen molar-refractivity contribution in [2.24, 2.45) is 0 Å². The molecule has 1 rings (SSSR count). The van der Waals surface area contributed by atoms with Crippen molar-refractivity contribution in [3.63, 3.8) is 0 Å². The number of ether oxygens (including phenoxy) is 1. The molecular weight excluding hydrogens is 194 g/mol. The van der Waals surface area contributed by atoms with Gasteiger partial charge in [-0.2, -0.15) is 0 Å². The summed E-state index contributed by atoms with van der Waals surface area (Å²) in [7, 11) is 1.60. The lowest BCUT2D eigenvalue weighted by Gasteiger charge is -2.04. The van der Waals surface area contributed by atoms with Gasteiger partial charge < -0.3 is 14.5 Å². The summed E-state index contributed by atoms with van der Waals surface area (Å²) in [6.07, 6.45) is 0. The van der Waals surface area contributed by atoms with E-state index in [2.05, 4.69) is 5.32 Å². The van der Waals surface area contributed by atoms with Crippen molar-refractivity contribution < 1.29 is 13.9 Å². The molecule has 1 aromatic heterocycles. The minimum Gasteiger partial charge on any atom is -0.466 e. The molecular formula is C11H17NO3. The summed E-state index contributed by atoms with van der Waals surface area (Å²) in [6, 6.07) is 0. The van der Waals surface area contributed by atoms with Crippen LogP contribution in [-0.4, -0.2) is 26.2 Å². The van der Waals surface area contributed by atoms with E-state index in [0.717, 1.165) is 11.3 Å². The molecule has 0 aliphatic heterocycles. The van der Waals surface area contributed by atoms with E-state index in [9.17, 15) is 4.79 Å². The average Bonchev–Trinajstić information content (AvgIpc) is 2.41. The van der Waals surface area contributed by atoms with Crippen LogP contribution in [0, 0.1) is 20.8 Å². The van der Waals surface area contributed by atoms with E-state index in [1.807, 2.05) is 13.8 Å². The number of carbonyl (C=O) groups excluding carboxylic acids is 1. The fourth-order valence-corrected chi connectivity index (χ4v) is 1.48. The van der Waals surface area contributed by atoms with Gasteiger partial charge in [0.2, 0.25) is 0 Å². The number of methoxy groups -OCH3 is 1. The van der Waals surface area contributed by atoms with Gasteiger partial charge in [0.25, 0.3) is 5.91 Å². The van der Waals surface area contributed by atoms with Crippen molar-refractivity contribution >= 4 is 5.91 Å². The fraction of sp³-hybridized carbons (Fsp3) is 0.545. The largest absolute Gasteiger partial charge is 0.466 e. The van der Waals surface area contributed by atoms with E-state index in [-0.39, 0.29) is 5.91 Å². The molecule has 0 spiro atoms. The molecule has 1 heterocycles. The van der Waals surface area contributed by atoms with Gasteiger partial charge in [-0.3, -0.25) is 4.79 Å². The van der Waals surface area contributed by atoms with Gasteiger partial charge in [0, 0.05) is 19.2 Å². The quantitative estimate of drug-likeness (QED) is 0.769. The van der Waals surface area contributed by atoms with Crippen molar-refractivity contribution in [1.29, 1.82) is 0 Å². The summed E-state index contributed by atoms with van der Waals surface area (Å²) in [5, 5.41) is 2.77. The summed E-state index contributed by atoms with van der Waals surface area (Å²) in [5.74, 6) is 1.36. The average molecular weight is 211 g/mol. The van der Waals surface area contributed by atoms with Gasteiger partial charge in [0.15, 0.2) is 0 Å². The first-order chi connectivity index (χ1) is 7.07. The van der Waals surface area contributed by atoms with Crippen LogP contribution in [0.15, 0.2) is 4.42 Å². The molecule has 1 N–H and O–H groups in total. The zero-order valence-electron chi connectivity index (χ0n) is 9.64. The summed E-state index contributed by atoms with van der Waals surface area (Å²) >= 11 is 0. The molecule has 0 fully saturated rings. The smallest absolute Gasteiger partial charge is 0.255 e. The van der Waals surface area contributed by atoms with Crippen molar-refractivity contribution in [2.45, 2.75) is 20.8 Å². The Morgan fingerprint density at radius 1 is 1.33 bits per heavy atom. The molecule has 1 aromatic rings. The highest BCUT2D eigenvalue weighted by Gasteiger charge is 2.17. The molecule has 0 atom stereocenters. The van der Waals surface area contributed by atoms with Crippen LogP contribution in [0.25, 0.3) is 0 Å². The van der Waals surface area contributed by atoms with Crippen LogP contribution in [0.1, 0.15) is 27.4 Å². The number of amides is 1. The molecule has 84 valence electrons. The molecule has 0 aromatic carbocycles. The maximum absolute atomic E-state index is 11.7. The van der Waals surface area contributed by atoms with Crippen LogP contribution in [-0.2, 0) is 4.74 Å². The summed E-state index contributed by atoms with van der Waals surface area (Å²) in [6.45, 7) is 6.57. The SMILES string of the molecule is COCCNC(=O)c1c(C)oc(C)c1C.